The summed E-state index contributed by atoms with van der Waals surface area (Å²) < 4.78 is 32.8. The lowest BCUT2D eigenvalue weighted by Crippen LogP contribution is -2.17. The Balaban J connectivity index is 1.93. The zero-order chi connectivity index (χ0) is 16.6. The number of sulfonamides is 1. The fourth-order valence-corrected chi connectivity index (χ4v) is 4.66. The number of aromatic nitrogens is 1. The van der Waals surface area contributed by atoms with E-state index in [9.17, 15) is 13.2 Å². The first-order valence-corrected chi connectivity index (χ1v) is 9.92. The molecule has 0 amide bonds. The zero-order valence-electron chi connectivity index (χ0n) is 12.1. The number of thiazole rings is 1. The number of nitrogens with one attached hydrogen (secondary N) is 1. The molecule has 1 N–H and O–H groups in total. The van der Waals surface area contributed by atoms with Gasteiger partial charge in [-0.15, -0.1) is 11.3 Å². The van der Waals surface area contributed by atoms with E-state index in [0.29, 0.717) is 15.5 Å². The van der Waals surface area contributed by atoms with Crippen LogP contribution >= 0.6 is 27.3 Å². The van der Waals surface area contributed by atoms with Crippen LogP contribution in [0, 0.1) is 0 Å². The molecule has 23 heavy (non-hydrogen) atoms. The van der Waals surface area contributed by atoms with Gasteiger partial charge in [-0.3, -0.25) is 4.72 Å². The third kappa shape index (κ3) is 3.56. The highest BCUT2D eigenvalue weighted by atomic mass is 79.9. The van der Waals surface area contributed by atoms with Gasteiger partial charge in [0.15, 0.2) is 5.13 Å². The predicted molar refractivity (Wildman–Crippen MR) is 90.4 cm³/mol. The maximum absolute atomic E-state index is 12.6. The molecule has 6 nitrogen and oxygen atoms in total. The molecule has 2 aromatic rings. The van der Waals surface area contributed by atoms with E-state index in [1.54, 1.807) is 6.07 Å². The Labute approximate surface area is 146 Å². The third-order valence-corrected chi connectivity index (χ3v) is 6.17. The van der Waals surface area contributed by atoms with Crippen LogP contribution in [0.4, 0.5) is 5.13 Å². The first kappa shape index (κ1) is 16.4. The van der Waals surface area contributed by atoms with E-state index in [1.165, 1.54) is 30.6 Å². The number of carbonyl (C=O) groups is 1. The second-order valence-corrected chi connectivity index (χ2v) is 8.51. The summed E-state index contributed by atoms with van der Waals surface area (Å²) in [5.74, 6) is -0.271. The van der Waals surface area contributed by atoms with Gasteiger partial charge in [0.05, 0.1) is 18.4 Å². The minimum absolute atomic E-state index is 0.0339. The molecule has 0 bridgehead atoms. The Kier molecular flexibility index (Phi) is 4.43. The zero-order valence-corrected chi connectivity index (χ0v) is 15.3. The van der Waals surface area contributed by atoms with E-state index in [2.05, 4.69) is 30.4 Å². The molecule has 1 fully saturated rings. The Morgan fingerprint density at radius 1 is 1.43 bits per heavy atom. The van der Waals surface area contributed by atoms with Gasteiger partial charge in [-0.1, -0.05) is 15.9 Å². The van der Waals surface area contributed by atoms with Gasteiger partial charge >= 0.3 is 5.97 Å². The average molecular weight is 417 g/mol. The molecule has 1 heterocycles. The fraction of sp³-hybridized carbons (Fsp3) is 0.286. The highest BCUT2D eigenvalue weighted by molar-refractivity contribution is 9.10. The number of anilines is 1. The Morgan fingerprint density at radius 2 is 2.17 bits per heavy atom. The second-order valence-electron chi connectivity index (χ2n) is 5.09. The van der Waals surface area contributed by atoms with Crippen molar-refractivity contribution in [3.8, 4) is 0 Å². The fourth-order valence-electron chi connectivity index (χ4n) is 2.08. The van der Waals surface area contributed by atoms with Crippen LogP contribution in [0.1, 0.15) is 34.8 Å². The van der Waals surface area contributed by atoms with E-state index in [1.807, 2.05) is 5.38 Å². The summed E-state index contributed by atoms with van der Waals surface area (Å²) in [6.45, 7) is 0. The maximum atomic E-state index is 12.6. The standard InChI is InChI=1S/C14H13BrN2O4S2/c1-21-13(18)10-6-9(15)4-5-12(10)23(19,20)17-14-16-11(7-22-14)8-2-3-8/h4-8H,2-3H2,1H3,(H,16,17). The molecule has 1 aromatic heterocycles. The molecule has 0 unspecified atom stereocenters. The Bertz CT molecular complexity index is 859. The third-order valence-electron chi connectivity index (χ3n) is 3.38. The summed E-state index contributed by atoms with van der Waals surface area (Å²) in [5, 5.41) is 2.16. The first-order chi connectivity index (χ1) is 10.9. The number of hydrogen-bond donors (Lipinski definition) is 1. The van der Waals surface area contributed by atoms with Crippen molar-refractivity contribution < 1.29 is 17.9 Å². The molecule has 122 valence electrons. The molecule has 1 aromatic carbocycles. The van der Waals surface area contributed by atoms with Crippen molar-refractivity contribution in [3.05, 3.63) is 39.3 Å². The van der Waals surface area contributed by atoms with Gasteiger partial charge < -0.3 is 4.74 Å². The summed E-state index contributed by atoms with van der Waals surface area (Å²) in [7, 11) is -2.73. The molecule has 1 aliphatic rings. The lowest BCUT2D eigenvalue weighted by atomic mass is 10.2. The van der Waals surface area contributed by atoms with Gasteiger partial charge in [-0.2, -0.15) is 0 Å². The van der Waals surface area contributed by atoms with Crippen molar-refractivity contribution in [1.82, 2.24) is 4.98 Å². The number of rotatable bonds is 5. The van der Waals surface area contributed by atoms with Gasteiger partial charge in [-0.25, -0.2) is 18.2 Å². The van der Waals surface area contributed by atoms with Crippen LogP contribution in [0.2, 0.25) is 0 Å². The van der Waals surface area contributed by atoms with Crippen molar-refractivity contribution >= 4 is 48.4 Å². The molecular weight excluding hydrogens is 404 g/mol. The van der Waals surface area contributed by atoms with E-state index >= 15 is 0 Å². The highest BCUT2D eigenvalue weighted by Crippen LogP contribution is 2.41. The van der Waals surface area contributed by atoms with E-state index < -0.39 is 16.0 Å². The van der Waals surface area contributed by atoms with Crippen LogP contribution in [0.25, 0.3) is 0 Å². The molecule has 3 rings (SSSR count). The van der Waals surface area contributed by atoms with Gasteiger partial charge in [0.25, 0.3) is 10.0 Å². The molecule has 1 aliphatic carbocycles. The highest BCUT2D eigenvalue weighted by Gasteiger charge is 2.28. The van der Waals surface area contributed by atoms with Crippen LogP contribution in [0.3, 0.4) is 0 Å². The summed E-state index contributed by atoms with van der Waals surface area (Å²) in [5.41, 5.74) is 0.880. The molecule has 0 atom stereocenters. The van der Waals surface area contributed by atoms with Crippen LogP contribution < -0.4 is 4.72 Å². The minimum Gasteiger partial charge on any atom is -0.465 e. The number of benzene rings is 1. The lowest BCUT2D eigenvalue weighted by molar-refractivity contribution is 0.0596. The molecular formula is C14H13BrN2O4S2. The molecule has 0 aliphatic heterocycles. The number of esters is 1. The van der Waals surface area contributed by atoms with Crippen molar-refractivity contribution in [1.29, 1.82) is 0 Å². The van der Waals surface area contributed by atoms with E-state index in [-0.39, 0.29) is 10.5 Å². The summed E-state index contributed by atoms with van der Waals surface area (Å²) in [6, 6.07) is 4.32. The summed E-state index contributed by atoms with van der Waals surface area (Å²) >= 11 is 4.46. The van der Waals surface area contributed by atoms with Crippen LogP contribution in [-0.4, -0.2) is 26.5 Å². The number of carbonyl (C=O) groups excluding carboxylic acids is 1. The van der Waals surface area contributed by atoms with Crippen LogP contribution in [0.5, 0.6) is 0 Å². The van der Waals surface area contributed by atoms with E-state index in [4.69, 9.17) is 0 Å². The number of nitrogens with zero attached hydrogens (tertiary/aromatic N) is 1. The number of hydrogen-bond acceptors (Lipinski definition) is 6. The molecule has 0 spiro atoms. The van der Waals surface area contributed by atoms with Crippen LogP contribution in [-0.2, 0) is 14.8 Å². The van der Waals surface area contributed by atoms with Crippen molar-refractivity contribution in [2.45, 2.75) is 23.7 Å². The normalized spacial score (nSPS) is 14.5. The van der Waals surface area contributed by atoms with Gasteiger partial charge in [0, 0.05) is 15.8 Å². The van der Waals surface area contributed by atoms with Crippen molar-refractivity contribution in [3.63, 3.8) is 0 Å². The molecule has 0 saturated heterocycles. The monoisotopic (exact) mass is 416 g/mol. The average Bonchev–Trinajstić information content (AvgIpc) is 3.26. The van der Waals surface area contributed by atoms with Gasteiger partial charge in [0.2, 0.25) is 0 Å². The van der Waals surface area contributed by atoms with Crippen LogP contribution in [0.15, 0.2) is 32.9 Å². The SMILES string of the molecule is COC(=O)c1cc(Br)ccc1S(=O)(=O)Nc1nc(C2CC2)cs1. The maximum Gasteiger partial charge on any atom is 0.339 e. The van der Waals surface area contributed by atoms with Crippen molar-refractivity contribution in [2.24, 2.45) is 0 Å². The molecule has 9 heteroatoms. The van der Waals surface area contributed by atoms with Gasteiger partial charge in [0.1, 0.15) is 4.90 Å². The quantitative estimate of drug-likeness (QED) is 0.754. The topological polar surface area (TPSA) is 85.4 Å². The summed E-state index contributed by atoms with van der Waals surface area (Å²) in [6.07, 6.45) is 2.18. The molecule has 0 radical (unpaired) electrons. The second kappa shape index (κ2) is 6.21. The number of ether oxygens (including phenoxy) is 1. The smallest absolute Gasteiger partial charge is 0.339 e. The number of halogens is 1. The summed E-state index contributed by atoms with van der Waals surface area (Å²) in [4.78, 5) is 16.0. The largest absolute Gasteiger partial charge is 0.465 e. The predicted octanol–water partition coefficient (Wildman–Crippen LogP) is 3.37. The van der Waals surface area contributed by atoms with E-state index in [0.717, 1.165) is 18.5 Å². The van der Waals surface area contributed by atoms with Crippen molar-refractivity contribution in [2.75, 3.05) is 11.8 Å². The number of methoxy groups -OCH3 is 1. The Morgan fingerprint density at radius 3 is 2.83 bits per heavy atom. The van der Waals surface area contributed by atoms with Gasteiger partial charge in [-0.05, 0) is 31.0 Å². The molecule has 1 saturated carbocycles. The minimum atomic E-state index is -3.93. The lowest BCUT2D eigenvalue weighted by Gasteiger charge is -2.10. The first-order valence-electron chi connectivity index (χ1n) is 6.77. The Hall–Kier alpha value is -1.45.